The molecule has 1 aromatic heterocycles. The average Bonchev–Trinajstić information content (AvgIpc) is 2.32. The first kappa shape index (κ1) is 10.6. The normalized spacial score (nSPS) is 21.5. The molecule has 15 heavy (non-hydrogen) atoms. The van der Waals surface area contributed by atoms with E-state index in [-0.39, 0.29) is 0 Å². The SMILES string of the molecule is c1cc(CCNC2CCCOC2)ccn1. The van der Waals surface area contributed by atoms with Crippen molar-refractivity contribution in [1.82, 2.24) is 10.3 Å². The third-order valence-corrected chi connectivity index (χ3v) is 2.76. The van der Waals surface area contributed by atoms with Crippen molar-refractivity contribution >= 4 is 0 Å². The van der Waals surface area contributed by atoms with Crippen molar-refractivity contribution in [2.24, 2.45) is 0 Å². The van der Waals surface area contributed by atoms with Crippen LogP contribution in [0.25, 0.3) is 0 Å². The van der Waals surface area contributed by atoms with E-state index in [0.29, 0.717) is 6.04 Å². The quantitative estimate of drug-likeness (QED) is 0.808. The monoisotopic (exact) mass is 206 g/mol. The Morgan fingerprint density at radius 1 is 1.40 bits per heavy atom. The van der Waals surface area contributed by atoms with Crippen molar-refractivity contribution in [3.8, 4) is 0 Å². The van der Waals surface area contributed by atoms with Crippen LogP contribution in [0.5, 0.6) is 0 Å². The van der Waals surface area contributed by atoms with Gasteiger partial charge < -0.3 is 10.1 Å². The third-order valence-electron chi connectivity index (χ3n) is 2.76. The van der Waals surface area contributed by atoms with Crippen LogP contribution in [-0.4, -0.2) is 30.8 Å². The van der Waals surface area contributed by atoms with Crippen LogP contribution in [0.1, 0.15) is 18.4 Å². The van der Waals surface area contributed by atoms with Gasteiger partial charge in [-0.25, -0.2) is 0 Å². The third kappa shape index (κ3) is 3.61. The summed E-state index contributed by atoms with van der Waals surface area (Å²) < 4.78 is 5.41. The number of ether oxygens (including phenoxy) is 1. The molecule has 1 aliphatic heterocycles. The van der Waals surface area contributed by atoms with Crippen LogP contribution in [0.2, 0.25) is 0 Å². The van der Waals surface area contributed by atoms with Crippen LogP contribution >= 0.6 is 0 Å². The molecule has 2 heterocycles. The molecule has 0 amide bonds. The summed E-state index contributed by atoms with van der Waals surface area (Å²) in [6, 6.07) is 4.69. The molecule has 0 radical (unpaired) electrons. The van der Waals surface area contributed by atoms with Gasteiger partial charge >= 0.3 is 0 Å². The second-order valence-corrected chi connectivity index (χ2v) is 3.97. The zero-order valence-electron chi connectivity index (χ0n) is 8.98. The van der Waals surface area contributed by atoms with Crippen LogP contribution in [0.3, 0.4) is 0 Å². The Balaban J connectivity index is 1.66. The number of aromatic nitrogens is 1. The molecule has 1 saturated heterocycles. The Morgan fingerprint density at radius 2 is 2.27 bits per heavy atom. The van der Waals surface area contributed by atoms with Gasteiger partial charge in [0.15, 0.2) is 0 Å². The van der Waals surface area contributed by atoms with Crippen LogP contribution in [0.4, 0.5) is 0 Å². The highest BCUT2D eigenvalue weighted by Crippen LogP contribution is 2.05. The molecule has 1 aromatic rings. The Labute approximate surface area is 90.9 Å². The first-order valence-electron chi connectivity index (χ1n) is 5.65. The summed E-state index contributed by atoms with van der Waals surface area (Å²) in [5.74, 6) is 0. The largest absolute Gasteiger partial charge is 0.380 e. The number of nitrogens with zero attached hydrogens (tertiary/aromatic N) is 1. The van der Waals surface area contributed by atoms with Crippen molar-refractivity contribution in [2.75, 3.05) is 19.8 Å². The average molecular weight is 206 g/mol. The van der Waals surface area contributed by atoms with Gasteiger partial charge in [-0.2, -0.15) is 0 Å². The van der Waals surface area contributed by atoms with E-state index in [1.807, 2.05) is 12.4 Å². The maximum Gasteiger partial charge on any atom is 0.0619 e. The van der Waals surface area contributed by atoms with E-state index in [1.54, 1.807) is 0 Å². The molecular formula is C12H18N2O. The smallest absolute Gasteiger partial charge is 0.0619 e. The van der Waals surface area contributed by atoms with E-state index in [0.717, 1.165) is 26.2 Å². The predicted octanol–water partition coefficient (Wildman–Crippen LogP) is 1.39. The summed E-state index contributed by atoms with van der Waals surface area (Å²) in [7, 11) is 0. The topological polar surface area (TPSA) is 34.1 Å². The van der Waals surface area contributed by atoms with Gasteiger partial charge in [0.05, 0.1) is 6.61 Å². The molecular weight excluding hydrogens is 188 g/mol. The van der Waals surface area contributed by atoms with E-state index >= 15 is 0 Å². The molecule has 2 rings (SSSR count). The number of pyridine rings is 1. The molecule has 1 atom stereocenters. The van der Waals surface area contributed by atoms with Crippen molar-refractivity contribution in [2.45, 2.75) is 25.3 Å². The number of hydrogen-bond acceptors (Lipinski definition) is 3. The van der Waals surface area contributed by atoms with Crippen molar-refractivity contribution < 1.29 is 4.74 Å². The lowest BCUT2D eigenvalue weighted by atomic mass is 10.1. The Bertz CT molecular complexity index is 270. The first-order chi connectivity index (χ1) is 7.45. The van der Waals surface area contributed by atoms with Crippen LogP contribution in [0, 0.1) is 0 Å². The molecule has 1 N–H and O–H groups in total. The maximum absolute atomic E-state index is 5.41. The molecule has 3 nitrogen and oxygen atoms in total. The highest BCUT2D eigenvalue weighted by Gasteiger charge is 2.12. The summed E-state index contributed by atoms with van der Waals surface area (Å²) >= 11 is 0. The number of rotatable bonds is 4. The predicted molar refractivity (Wildman–Crippen MR) is 59.8 cm³/mol. The zero-order chi connectivity index (χ0) is 10.3. The standard InChI is InChI=1S/C12H18N2O/c1-2-12(10-15-9-1)14-8-5-11-3-6-13-7-4-11/h3-4,6-7,12,14H,1-2,5,8-10H2. The van der Waals surface area contributed by atoms with Crippen LogP contribution in [0.15, 0.2) is 24.5 Å². The van der Waals surface area contributed by atoms with Gasteiger partial charge in [0.1, 0.15) is 0 Å². The molecule has 0 aromatic carbocycles. The molecule has 0 spiro atoms. The molecule has 1 fully saturated rings. The minimum atomic E-state index is 0.556. The molecule has 1 unspecified atom stereocenters. The van der Waals surface area contributed by atoms with E-state index in [1.165, 1.54) is 18.4 Å². The maximum atomic E-state index is 5.41. The van der Waals surface area contributed by atoms with Gasteiger partial charge in [-0.3, -0.25) is 4.98 Å². The molecule has 0 aliphatic carbocycles. The molecule has 1 aliphatic rings. The molecule has 0 bridgehead atoms. The highest BCUT2D eigenvalue weighted by atomic mass is 16.5. The number of hydrogen-bond donors (Lipinski definition) is 1. The summed E-state index contributed by atoms with van der Waals surface area (Å²) in [6.07, 6.45) is 7.19. The van der Waals surface area contributed by atoms with Crippen molar-refractivity contribution in [1.29, 1.82) is 0 Å². The molecule has 82 valence electrons. The minimum absolute atomic E-state index is 0.556. The second kappa shape index (κ2) is 5.83. The Hall–Kier alpha value is -0.930. The minimum Gasteiger partial charge on any atom is -0.380 e. The van der Waals surface area contributed by atoms with E-state index in [9.17, 15) is 0 Å². The zero-order valence-corrected chi connectivity index (χ0v) is 8.98. The second-order valence-electron chi connectivity index (χ2n) is 3.97. The fraction of sp³-hybridized carbons (Fsp3) is 0.583. The van der Waals surface area contributed by atoms with Gasteiger partial charge in [-0.05, 0) is 43.5 Å². The van der Waals surface area contributed by atoms with Gasteiger partial charge in [0.2, 0.25) is 0 Å². The first-order valence-corrected chi connectivity index (χ1v) is 5.65. The highest BCUT2D eigenvalue weighted by molar-refractivity contribution is 5.09. The Morgan fingerprint density at radius 3 is 3.00 bits per heavy atom. The van der Waals surface area contributed by atoms with Crippen molar-refractivity contribution in [3.63, 3.8) is 0 Å². The lowest BCUT2D eigenvalue weighted by molar-refractivity contribution is 0.0707. The number of nitrogens with one attached hydrogen (secondary N) is 1. The molecule has 3 heteroatoms. The van der Waals surface area contributed by atoms with Gasteiger partial charge in [0.25, 0.3) is 0 Å². The van der Waals surface area contributed by atoms with Crippen molar-refractivity contribution in [3.05, 3.63) is 30.1 Å². The fourth-order valence-electron chi connectivity index (χ4n) is 1.87. The van der Waals surface area contributed by atoms with E-state index in [4.69, 9.17) is 4.74 Å². The Kier molecular flexibility index (Phi) is 4.11. The summed E-state index contributed by atoms with van der Waals surface area (Å²) in [5.41, 5.74) is 1.34. The van der Waals surface area contributed by atoms with Crippen LogP contribution < -0.4 is 5.32 Å². The molecule has 0 saturated carbocycles. The summed E-state index contributed by atoms with van der Waals surface area (Å²) in [4.78, 5) is 4.00. The lowest BCUT2D eigenvalue weighted by Gasteiger charge is -2.23. The summed E-state index contributed by atoms with van der Waals surface area (Å²) in [6.45, 7) is 2.83. The van der Waals surface area contributed by atoms with Gasteiger partial charge in [-0.15, -0.1) is 0 Å². The van der Waals surface area contributed by atoms with Crippen LogP contribution in [-0.2, 0) is 11.2 Å². The fourth-order valence-corrected chi connectivity index (χ4v) is 1.87. The van der Waals surface area contributed by atoms with E-state index < -0.39 is 0 Å². The van der Waals surface area contributed by atoms with Gasteiger partial charge in [0, 0.05) is 25.0 Å². The van der Waals surface area contributed by atoms with E-state index in [2.05, 4.69) is 22.4 Å². The van der Waals surface area contributed by atoms with Gasteiger partial charge in [-0.1, -0.05) is 0 Å². The lowest BCUT2D eigenvalue weighted by Crippen LogP contribution is -2.37. The summed E-state index contributed by atoms with van der Waals surface area (Å²) in [5, 5.41) is 3.52.